The molecule has 0 saturated carbocycles. The summed E-state index contributed by atoms with van der Waals surface area (Å²) < 4.78 is 0. The molecular formula is C36H27GaO6. The van der Waals surface area contributed by atoms with Gasteiger partial charge >= 0.3 is 19.8 Å². The Kier molecular flexibility index (Phi) is 10.9. The van der Waals surface area contributed by atoms with Gasteiger partial charge in [-0.2, -0.15) is 0 Å². The zero-order valence-corrected chi connectivity index (χ0v) is 26.3. The summed E-state index contributed by atoms with van der Waals surface area (Å²) in [7, 11) is 0. The Morgan fingerprint density at radius 3 is 0.791 bits per heavy atom. The van der Waals surface area contributed by atoms with Crippen molar-refractivity contribution in [3.8, 4) is 0 Å². The van der Waals surface area contributed by atoms with Gasteiger partial charge in [0.25, 0.3) is 0 Å². The minimum absolute atomic E-state index is 0. The maximum Gasteiger partial charge on any atom is 3.00 e. The average molecular weight is 625 g/mol. The molecule has 0 radical (unpaired) electrons. The Balaban J connectivity index is 0.000000175. The number of carbonyl (C=O) groups is 3. The van der Waals surface area contributed by atoms with Crippen molar-refractivity contribution in [2.45, 2.75) is 20.8 Å². The van der Waals surface area contributed by atoms with E-state index in [4.69, 9.17) is 0 Å². The van der Waals surface area contributed by atoms with Gasteiger partial charge in [0.2, 0.25) is 0 Å². The van der Waals surface area contributed by atoms with Crippen molar-refractivity contribution in [3.05, 3.63) is 143 Å². The molecule has 6 aromatic rings. The maximum absolute atomic E-state index is 10.8. The minimum Gasteiger partial charge on any atom is -0.545 e. The zero-order chi connectivity index (χ0) is 30.4. The van der Waals surface area contributed by atoms with Crippen LogP contribution < -0.4 is 15.3 Å². The second kappa shape index (κ2) is 14.4. The van der Waals surface area contributed by atoms with Crippen molar-refractivity contribution in [2.24, 2.45) is 0 Å². The van der Waals surface area contributed by atoms with E-state index in [1.54, 1.807) is 54.6 Å². The van der Waals surface area contributed by atoms with Gasteiger partial charge in [-0.15, -0.1) is 0 Å². The predicted molar refractivity (Wildman–Crippen MR) is 165 cm³/mol. The molecule has 0 unspecified atom stereocenters. The van der Waals surface area contributed by atoms with Gasteiger partial charge in [0, 0.05) is 16.7 Å². The molecule has 7 heteroatoms. The van der Waals surface area contributed by atoms with Crippen molar-refractivity contribution in [2.75, 3.05) is 0 Å². The third-order valence-corrected chi connectivity index (χ3v) is 7.09. The van der Waals surface area contributed by atoms with E-state index < -0.39 is 17.9 Å². The SMILES string of the molecule is Cc1ccc(C(=O)[O-])c2ccccc12.Cc1ccc(C(=O)[O-])c2ccccc12.Cc1ccc(C(=O)[O-])c2ccccc12.[Ga+3]. The fraction of sp³-hybridized carbons (Fsp3) is 0.0833. The Hall–Kier alpha value is -4.85. The Bertz CT molecular complexity index is 1740. The molecule has 6 rings (SSSR count). The van der Waals surface area contributed by atoms with Gasteiger partial charge in [-0.05, 0) is 69.8 Å². The third-order valence-electron chi connectivity index (χ3n) is 7.09. The largest absolute Gasteiger partial charge is 3.00 e. The van der Waals surface area contributed by atoms with E-state index in [1.807, 2.05) is 75.4 Å². The van der Waals surface area contributed by atoms with E-state index in [-0.39, 0.29) is 36.5 Å². The monoisotopic (exact) mass is 624 g/mol. The summed E-state index contributed by atoms with van der Waals surface area (Å²) >= 11 is 0. The molecule has 0 heterocycles. The van der Waals surface area contributed by atoms with E-state index in [0.29, 0.717) is 0 Å². The summed E-state index contributed by atoms with van der Waals surface area (Å²) in [5.74, 6) is -3.37. The van der Waals surface area contributed by atoms with E-state index in [1.165, 1.54) is 0 Å². The first-order chi connectivity index (χ1) is 20.1. The average Bonchev–Trinajstić information content (AvgIpc) is 2.98. The van der Waals surface area contributed by atoms with Crippen LogP contribution in [0.2, 0.25) is 0 Å². The normalized spacial score (nSPS) is 10.1. The van der Waals surface area contributed by atoms with Crippen LogP contribution in [0.25, 0.3) is 32.3 Å². The molecule has 0 bridgehead atoms. The van der Waals surface area contributed by atoms with E-state index in [0.717, 1.165) is 49.0 Å². The fourth-order valence-corrected chi connectivity index (χ4v) is 4.88. The molecule has 0 fully saturated rings. The summed E-state index contributed by atoms with van der Waals surface area (Å²) in [5.41, 5.74) is 3.99. The van der Waals surface area contributed by atoms with E-state index >= 15 is 0 Å². The van der Waals surface area contributed by atoms with Crippen molar-refractivity contribution in [1.82, 2.24) is 0 Å². The molecule has 0 amide bonds. The van der Waals surface area contributed by atoms with E-state index in [9.17, 15) is 29.7 Å². The van der Waals surface area contributed by atoms with Gasteiger partial charge in [0.15, 0.2) is 0 Å². The van der Waals surface area contributed by atoms with Crippen molar-refractivity contribution >= 4 is 70.0 Å². The van der Waals surface area contributed by atoms with Crippen molar-refractivity contribution < 1.29 is 29.7 Å². The number of aryl methyl sites for hydroxylation is 3. The van der Waals surface area contributed by atoms with Gasteiger partial charge in [-0.3, -0.25) is 0 Å². The first-order valence-electron chi connectivity index (χ1n) is 13.2. The van der Waals surface area contributed by atoms with Crippen LogP contribution in [-0.4, -0.2) is 37.7 Å². The van der Waals surface area contributed by atoms with Crippen LogP contribution in [0.1, 0.15) is 47.8 Å². The number of benzene rings is 6. The summed E-state index contributed by atoms with van der Waals surface area (Å²) in [4.78, 5) is 32.4. The first-order valence-corrected chi connectivity index (χ1v) is 13.2. The van der Waals surface area contributed by atoms with E-state index in [2.05, 4.69) is 0 Å². The smallest absolute Gasteiger partial charge is 0.545 e. The number of carboxylic acid groups (broad SMARTS) is 3. The fourth-order valence-electron chi connectivity index (χ4n) is 4.88. The van der Waals surface area contributed by atoms with Crippen LogP contribution in [0.15, 0.2) is 109 Å². The number of carbonyl (C=O) groups excluding carboxylic acids is 3. The molecule has 6 aromatic carbocycles. The minimum atomic E-state index is -1.12. The molecular weight excluding hydrogens is 598 g/mol. The summed E-state index contributed by atoms with van der Waals surface area (Å²) in [6.07, 6.45) is 0. The molecule has 0 spiro atoms. The van der Waals surface area contributed by atoms with Gasteiger partial charge in [-0.25, -0.2) is 0 Å². The van der Waals surface area contributed by atoms with Crippen LogP contribution in [-0.2, 0) is 0 Å². The summed E-state index contributed by atoms with van der Waals surface area (Å²) in [5, 5.41) is 37.6. The standard InChI is InChI=1S/3C12H10O2.Ga/c3*1-8-6-7-11(12(13)14)10-5-3-2-4-9(8)10;/h3*2-7H,1H3,(H,13,14);/q;;;+3/p-3. The van der Waals surface area contributed by atoms with Gasteiger partial charge in [0.05, 0.1) is 17.9 Å². The molecule has 210 valence electrons. The molecule has 0 aliphatic rings. The Morgan fingerprint density at radius 2 is 0.581 bits per heavy atom. The summed E-state index contributed by atoms with van der Waals surface area (Å²) in [6, 6.07) is 32.5. The number of hydrogen-bond acceptors (Lipinski definition) is 6. The Morgan fingerprint density at radius 1 is 0.372 bits per heavy atom. The number of rotatable bonds is 3. The van der Waals surface area contributed by atoms with Crippen LogP contribution in [0.3, 0.4) is 0 Å². The molecule has 43 heavy (non-hydrogen) atoms. The number of carboxylic acids is 3. The molecule has 6 nitrogen and oxygen atoms in total. The zero-order valence-electron chi connectivity index (χ0n) is 23.9. The molecule has 0 N–H and O–H groups in total. The second-order valence-electron chi connectivity index (χ2n) is 9.79. The van der Waals surface area contributed by atoms with Crippen LogP contribution >= 0.6 is 0 Å². The van der Waals surface area contributed by atoms with Crippen LogP contribution in [0.4, 0.5) is 0 Å². The number of hydrogen-bond donors (Lipinski definition) is 0. The molecule has 0 saturated heterocycles. The molecule has 0 aliphatic heterocycles. The first kappa shape index (κ1) is 32.7. The number of aromatic carboxylic acids is 3. The predicted octanol–water partition coefficient (Wildman–Crippen LogP) is 4.15. The summed E-state index contributed by atoms with van der Waals surface area (Å²) in [6.45, 7) is 5.88. The quantitative estimate of drug-likeness (QED) is 0.273. The molecule has 0 aromatic heterocycles. The third kappa shape index (κ3) is 7.33. The second-order valence-corrected chi connectivity index (χ2v) is 9.79. The number of fused-ring (bicyclic) bond motifs is 3. The Labute approximate surface area is 262 Å². The van der Waals surface area contributed by atoms with Crippen molar-refractivity contribution in [3.63, 3.8) is 0 Å². The molecule has 0 atom stereocenters. The topological polar surface area (TPSA) is 120 Å². The van der Waals surface area contributed by atoms with Gasteiger partial charge in [-0.1, -0.05) is 109 Å². The van der Waals surface area contributed by atoms with Crippen molar-refractivity contribution in [1.29, 1.82) is 0 Å². The van der Waals surface area contributed by atoms with Crippen LogP contribution in [0.5, 0.6) is 0 Å². The van der Waals surface area contributed by atoms with Crippen LogP contribution in [0, 0.1) is 20.8 Å². The molecule has 0 aliphatic carbocycles. The maximum atomic E-state index is 10.8. The van der Waals surface area contributed by atoms with Gasteiger partial charge < -0.3 is 29.7 Å². The van der Waals surface area contributed by atoms with Gasteiger partial charge in [0.1, 0.15) is 0 Å².